The normalized spacial score (nSPS) is 11.6. The van der Waals surface area contributed by atoms with Crippen molar-refractivity contribution >= 4 is 15.7 Å². The van der Waals surface area contributed by atoms with Crippen LogP contribution in [0.25, 0.3) is 0 Å². The first-order valence-corrected chi connectivity index (χ1v) is 9.43. The van der Waals surface area contributed by atoms with Crippen LogP contribution in [0.15, 0.2) is 51.0 Å². The van der Waals surface area contributed by atoms with E-state index in [1.54, 1.807) is 38.1 Å². The van der Waals surface area contributed by atoms with E-state index in [1.807, 2.05) is 13.8 Å². The largest absolute Gasteiger partial charge is 0.352 e. The second-order valence-electron chi connectivity index (χ2n) is 6.23. The molecular weight excluding hydrogens is 340 g/mol. The molecule has 7 heteroatoms. The van der Waals surface area contributed by atoms with Gasteiger partial charge in [-0.15, -0.1) is 0 Å². The molecule has 1 aromatic carbocycles. The van der Waals surface area contributed by atoms with Gasteiger partial charge in [-0.25, -0.2) is 8.42 Å². The molecule has 6 nitrogen and oxygen atoms in total. The first-order chi connectivity index (χ1) is 11.6. The number of amides is 1. The van der Waals surface area contributed by atoms with Crippen molar-refractivity contribution in [3.8, 4) is 0 Å². The lowest BCUT2D eigenvalue weighted by Gasteiger charge is -2.15. The van der Waals surface area contributed by atoms with Crippen molar-refractivity contribution < 1.29 is 13.2 Å². The van der Waals surface area contributed by atoms with Crippen LogP contribution in [0.5, 0.6) is 0 Å². The zero-order valence-electron chi connectivity index (χ0n) is 14.7. The number of nitrogens with zero attached hydrogens (tertiary/aromatic N) is 1. The molecule has 1 heterocycles. The highest BCUT2D eigenvalue weighted by Crippen LogP contribution is 2.21. The molecule has 0 aliphatic rings. The third-order valence-corrected chi connectivity index (χ3v) is 5.65. The Hall–Kier alpha value is -2.41. The number of carbonyl (C=O) groups excluding carboxylic acids is 1. The zero-order chi connectivity index (χ0) is 18.8. The predicted molar refractivity (Wildman–Crippen MR) is 95.3 cm³/mol. The average Bonchev–Trinajstić information content (AvgIpc) is 2.51. The fraction of sp³-hybridized carbons (Fsp3) is 0.333. The van der Waals surface area contributed by atoms with Crippen LogP contribution in [0.2, 0.25) is 0 Å². The van der Waals surface area contributed by atoms with Crippen molar-refractivity contribution in [1.29, 1.82) is 0 Å². The van der Waals surface area contributed by atoms with Gasteiger partial charge in [0, 0.05) is 11.7 Å². The van der Waals surface area contributed by atoms with E-state index in [1.165, 1.54) is 16.7 Å². The maximum Gasteiger partial charge on any atom is 0.270 e. The summed E-state index contributed by atoms with van der Waals surface area (Å²) in [6, 6.07) is 9.35. The van der Waals surface area contributed by atoms with Crippen molar-refractivity contribution in [1.82, 2.24) is 9.88 Å². The Morgan fingerprint density at radius 1 is 1.16 bits per heavy atom. The molecule has 0 bridgehead atoms. The fourth-order valence-electron chi connectivity index (χ4n) is 2.66. The number of sulfone groups is 1. The minimum Gasteiger partial charge on any atom is -0.352 e. The Balaban J connectivity index is 2.59. The number of benzene rings is 1. The summed E-state index contributed by atoms with van der Waals surface area (Å²) in [5.74, 6) is -0.341. The highest BCUT2D eigenvalue weighted by molar-refractivity contribution is 7.91. The molecule has 0 radical (unpaired) electrons. The lowest BCUT2D eigenvalue weighted by atomic mass is 10.2. The summed E-state index contributed by atoms with van der Waals surface area (Å²) in [5, 5.41) is 2.70. The van der Waals surface area contributed by atoms with Gasteiger partial charge in [-0.3, -0.25) is 9.59 Å². The van der Waals surface area contributed by atoms with Gasteiger partial charge in [0.05, 0.1) is 4.90 Å². The van der Waals surface area contributed by atoms with E-state index in [0.717, 1.165) is 0 Å². The van der Waals surface area contributed by atoms with E-state index >= 15 is 0 Å². The molecule has 2 rings (SSSR count). The molecule has 1 aromatic heterocycles. The molecule has 2 aromatic rings. The van der Waals surface area contributed by atoms with E-state index in [-0.39, 0.29) is 28.3 Å². The highest BCUT2D eigenvalue weighted by atomic mass is 32.2. The minimum atomic E-state index is -3.96. The van der Waals surface area contributed by atoms with Gasteiger partial charge in [0.2, 0.25) is 15.7 Å². The Morgan fingerprint density at radius 3 is 2.32 bits per heavy atom. The lowest BCUT2D eigenvalue weighted by molar-refractivity contribution is -0.122. The van der Waals surface area contributed by atoms with Gasteiger partial charge in [0.1, 0.15) is 11.4 Å². The SMILES string of the molecule is Cc1cc(C)n(CC(=O)NC(C)C)c(=O)c1S(=O)(=O)c1ccccc1. The van der Waals surface area contributed by atoms with E-state index in [4.69, 9.17) is 0 Å². The van der Waals surface area contributed by atoms with Crippen molar-refractivity contribution in [2.75, 3.05) is 0 Å². The molecular formula is C18H22N2O4S. The van der Waals surface area contributed by atoms with Crippen molar-refractivity contribution in [3.05, 3.63) is 58.0 Å². The second-order valence-corrected chi connectivity index (χ2v) is 8.11. The van der Waals surface area contributed by atoms with E-state index in [0.29, 0.717) is 11.3 Å². The van der Waals surface area contributed by atoms with Crippen molar-refractivity contribution in [2.45, 2.75) is 50.1 Å². The quantitative estimate of drug-likeness (QED) is 0.879. The van der Waals surface area contributed by atoms with Crippen molar-refractivity contribution in [3.63, 3.8) is 0 Å². The molecule has 0 aliphatic heterocycles. The highest BCUT2D eigenvalue weighted by Gasteiger charge is 2.26. The molecule has 0 unspecified atom stereocenters. The summed E-state index contributed by atoms with van der Waals surface area (Å²) in [6.45, 7) is 6.67. The molecule has 1 amide bonds. The zero-order valence-corrected chi connectivity index (χ0v) is 15.6. The fourth-order valence-corrected chi connectivity index (χ4v) is 4.23. The number of pyridine rings is 1. The average molecular weight is 362 g/mol. The number of hydrogen-bond donors (Lipinski definition) is 1. The van der Waals surface area contributed by atoms with Crippen LogP contribution in [0.3, 0.4) is 0 Å². The summed E-state index contributed by atoms with van der Waals surface area (Å²) in [4.78, 5) is 24.6. The molecule has 0 spiro atoms. The smallest absolute Gasteiger partial charge is 0.270 e. The molecule has 0 saturated heterocycles. The van der Waals surface area contributed by atoms with E-state index < -0.39 is 15.4 Å². The Kier molecular flexibility index (Phi) is 5.47. The van der Waals surface area contributed by atoms with Crippen LogP contribution in [0.1, 0.15) is 25.1 Å². The maximum atomic E-state index is 12.9. The number of aromatic nitrogens is 1. The van der Waals surface area contributed by atoms with Crippen LogP contribution >= 0.6 is 0 Å². The molecule has 0 atom stereocenters. The number of carbonyl (C=O) groups is 1. The molecule has 1 N–H and O–H groups in total. The number of aryl methyl sites for hydroxylation is 2. The molecule has 134 valence electrons. The first kappa shape index (κ1) is 18.9. The summed E-state index contributed by atoms with van der Waals surface area (Å²) >= 11 is 0. The third-order valence-electron chi connectivity index (χ3n) is 3.72. The molecule has 0 saturated carbocycles. The Bertz CT molecular complexity index is 945. The van der Waals surface area contributed by atoms with Gasteiger partial charge in [-0.05, 0) is 51.5 Å². The van der Waals surface area contributed by atoms with Gasteiger partial charge >= 0.3 is 0 Å². The molecule has 0 fully saturated rings. The predicted octanol–water partition coefficient (Wildman–Crippen LogP) is 1.82. The summed E-state index contributed by atoms with van der Waals surface area (Å²) in [6.07, 6.45) is 0. The van der Waals surface area contributed by atoms with E-state index in [2.05, 4.69) is 5.32 Å². The summed E-state index contributed by atoms with van der Waals surface area (Å²) in [5.41, 5.74) is 0.223. The minimum absolute atomic E-state index is 0.0530. The van der Waals surface area contributed by atoms with Crippen LogP contribution in [0.4, 0.5) is 0 Å². The van der Waals surface area contributed by atoms with Crippen LogP contribution < -0.4 is 10.9 Å². The number of nitrogens with one attached hydrogen (secondary N) is 1. The first-order valence-electron chi connectivity index (χ1n) is 7.95. The van der Waals surface area contributed by atoms with Gasteiger partial charge < -0.3 is 9.88 Å². The summed E-state index contributed by atoms with van der Waals surface area (Å²) in [7, 11) is -3.96. The maximum absolute atomic E-state index is 12.9. The molecule has 25 heavy (non-hydrogen) atoms. The van der Waals surface area contributed by atoms with Crippen LogP contribution in [0, 0.1) is 13.8 Å². The van der Waals surface area contributed by atoms with Gasteiger partial charge in [0.25, 0.3) is 5.56 Å². The Labute approximate surface area is 147 Å². The van der Waals surface area contributed by atoms with Gasteiger partial charge in [0.15, 0.2) is 0 Å². The third kappa shape index (κ3) is 3.99. The lowest BCUT2D eigenvalue weighted by Crippen LogP contribution is -2.38. The van der Waals surface area contributed by atoms with Crippen molar-refractivity contribution in [2.24, 2.45) is 0 Å². The second kappa shape index (κ2) is 7.23. The van der Waals surface area contributed by atoms with E-state index in [9.17, 15) is 18.0 Å². The number of hydrogen-bond acceptors (Lipinski definition) is 4. The van der Waals surface area contributed by atoms with Crippen LogP contribution in [-0.2, 0) is 21.2 Å². The van der Waals surface area contributed by atoms with Gasteiger partial charge in [-0.1, -0.05) is 18.2 Å². The Morgan fingerprint density at radius 2 is 1.76 bits per heavy atom. The van der Waals surface area contributed by atoms with Crippen LogP contribution in [-0.4, -0.2) is 24.9 Å². The van der Waals surface area contributed by atoms with Gasteiger partial charge in [-0.2, -0.15) is 0 Å². The monoisotopic (exact) mass is 362 g/mol. The summed E-state index contributed by atoms with van der Waals surface area (Å²) < 4.78 is 27.0. The standard InChI is InChI=1S/C18H22N2O4S/c1-12(2)19-16(21)11-20-14(4)10-13(3)17(18(20)22)25(23,24)15-8-6-5-7-9-15/h5-10,12H,11H2,1-4H3,(H,19,21). The number of rotatable bonds is 5. The molecule has 0 aliphatic carbocycles. The topological polar surface area (TPSA) is 85.2 Å².